The summed E-state index contributed by atoms with van der Waals surface area (Å²) in [6.07, 6.45) is 4.80. The number of Topliss-reactive ketones (excluding diaryl/α,β-unsaturated/α-hetero) is 1. The molecule has 6 rings (SSSR count). The van der Waals surface area contributed by atoms with Crippen LogP contribution >= 0.6 is 23.2 Å². The number of nitrogens with zero attached hydrogens (tertiary/aromatic N) is 3. The molecule has 1 fully saturated rings. The summed E-state index contributed by atoms with van der Waals surface area (Å²) >= 11 is 12.5. The first kappa shape index (κ1) is 32.9. The third-order valence-corrected chi connectivity index (χ3v) is 8.38. The number of benzene rings is 2. The average molecular weight is 688 g/mol. The summed E-state index contributed by atoms with van der Waals surface area (Å²) in [5, 5.41) is 4.49. The predicted molar refractivity (Wildman–Crippen MR) is 182 cm³/mol. The molecule has 11 nitrogen and oxygen atoms in total. The summed E-state index contributed by atoms with van der Waals surface area (Å²) in [4.78, 5) is 63.2. The number of hydrogen-bond donors (Lipinski definition) is 3. The minimum Gasteiger partial charge on any atom is -0.487 e. The number of carbonyl (C=O) groups excluding carboxylic acids is 4. The Labute approximate surface area is 286 Å². The Balaban J connectivity index is 1.59. The largest absolute Gasteiger partial charge is 0.487 e. The molecule has 2 aliphatic heterocycles. The van der Waals surface area contributed by atoms with E-state index in [0.29, 0.717) is 27.7 Å². The number of carbonyl (C=O) groups is 4. The molecule has 3 heterocycles. The molecule has 48 heavy (non-hydrogen) atoms. The number of hydrogen-bond acceptors (Lipinski definition) is 6. The van der Waals surface area contributed by atoms with E-state index in [1.807, 2.05) is 33.0 Å². The standard InChI is InChI=1S/C35H32Cl2N6O5/c1-35(2,3)48-28-14-20(27(44)16-29(38)45)6-10-24(28)33-41-31(19-4-7-21(36)8-5-19)32(25-17-40-26-15-22(37)9-11-23(25)26)43(33)34(47)42-13-12-39-30(46)18-42/h4,6-7,9-11,14-15,17,31-32,40H,12-13,16,18H2,1-3H3,(H2,38,45)(H,39,46)/t31-,32+/m0/s1. The topological polar surface area (TPSA) is 150 Å². The normalized spacial score (nSPS) is 19.2. The van der Waals surface area contributed by atoms with Gasteiger partial charge >= 0.3 is 6.03 Å². The summed E-state index contributed by atoms with van der Waals surface area (Å²) in [6.45, 7) is 5.97. The highest BCUT2D eigenvalue weighted by molar-refractivity contribution is 6.31. The quantitative estimate of drug-likeness (QED) is 0.178. The Bertz CT molecular complexity index is 2040. The Morgan fingerprint density at radius 2 is 1.90 bits per heavy atom. The van der Waals surface area contributed by atoms with Gasteiger partial charge in [0.15, 0.2) is 5.78 Å². The molecule has 0 radical (unpaired) electrons. The van der Waals surface area contributed by atoms with Crippen LogP contribution in [-0.2, 0) is 9.59 Å². The zero-order chi connectivity index (χ0) is 34.3. The summed E-state index contributed by atoms with van der Waals surface area (Å²) in [5.74, 6) is -1.00. The van der Waals surface area contributed by atoms with Crippen LogP contribution in [-0.4, -0.2) is 75.5 Å². The second-order valence-electron chi connectivity index (χ2n) is 12.6. The van der Waals surface area contributed by atoms with E-state index in [1.54, 1.807) is 41.3 Å². The van der Waals surface area contributed by atoms with Crippen molar-refractivity contribution in [2.24, 2.45) is 10.7 Å². The minimum atomic E-state index is -0.758. The number of halogens is 2. The third-order valence-electron chi connectivity index (χ3n) is 7.93. The lowest BCUT2D eigenvalue weighted by atomic mass is 9.92. The highest BCUT2D eigenvalue weighted by Gasteiger charge is 2.46. The molecule has 3 aromatic rings. The van der Waals surface area contributed by atoms with E-state index in [0.717, 1.165) is 16.5 Å². The maximum Gasteiger partial charge on any atom is 0.326 e. The molecule has 2 aromatic carbocycles. The van der Waals surface area contributed by atoms with Crippen LogP contribution in [0.25, 0.3) is 10.9 Å². The fourth-order valence-electron chi connectivity index (χ4n) is 5.92. The van der Waals surface area contributed by atoms with Crippen molar-refractivity contribution < 1.29 is 23.9 Å². The number of fused-ring (bicyclic) bond motifs is 1. The molecule has 1 aromatic heterocycles. The summed E-state index contributed by atoms with van der Waals surface area (Å²) in [6, 6.07) is 8.27. The molecule has 1 aliphatic carbocycles. The lowest BCUT2D eigenvalue weighted by molar-refractivity contribution is -0.123. The predicted octanol–water partition coefficient (Wildman–Crippen LogP) is 5.15. The van der Waals surface area contributed by atoms with Gasteiger partial charge in [0.25, 0.3) is 0 Å². The number of nitrogens with one attached hydrogen (secondary N) is 2. The first-order valence-corrected chi connectivity index (χ1v) is 16.0. The van der Waals surface area contributed by atoms with Crippen molar-refractivity contribution in [2.75, 3.05) is 19.6 Å². The van der Waals surface area contributed by atoms with Gasteiger partial charge in [0.1, 0.15) is 29.8 Å². The van der Waals surface area contributed by atoms with Crippen LogP contribution < -0.4 is 15.8 Å². The second-order valence-corrected chi connectivity index (χ2v) is 13.4. The smallest absolute Gasteiger partial charge is 0.326 e. The molecule has 3 aliphatic rings. The number of ether oxygens (including phenoxy) is 1. The van der Waals surface area contributed by atoms with E-state index >= 15 is 0 Å². The number of H-pyrrole nitrogens is 1. The number of piperazine rings is 1. The number of allylic oxidation sites excluding steroid dienone is 2. The number of aromatic nitrogens is 1. The fraction of sp³-hybridized carbons (Fsp3) is 0.286. The van der Waals surface area contributed by atoms with Crippen molar-refractivity contribution in [3.63, 3.8) is 0 Å². The van der Waals surface area contributed by atoms with Gasteiger partial charge in [-0.25, -0.2) is 4.79 Å². The van der Waals surface area contributed by atoms with Crippen LogP contribution in [0.3, 0.4) is 0 Å². The van der Waals surface area contributed by atoms with Crippen molar-refractivity contribution in [1.29, 1.82) is 0 Å². The zero-order valence-electron chi connectivity index (χ0n) is 26.4. The molecule has 4 N–H and O–H groups in total. The van der Waals surface area contributed by atoms with Crippen LogP contribution in [0.2, 0.25) is 5.02 Å². The average Bonchev–Trinajstić information content (AvgIpc) is 3.61. The van der Waals surface area contributed by atoms with E-state index in [-0.39, 0.29) is 36.1 Å². The van der Waals surface area contributed by atoms with Gasteiger partial charge in [-0.1, -0.05) is 41.1 Å². The number of urea groups is 1. The fourth-order valence-corrected chi connectivity index (χ4v) is 6.20. The van der Waals surface area contributed by atoms with Crippen molar-refractivity contribution in [3.8, 4) is 5.75 Å². The molecule has 246 valence electrons. The van der Waals surface area contributed by atoms with Crippen LogP contribution in [0, 0.1) is 0 Å². The number of amides is 4. The number of rotatable bonds is 7. The lowest BCUT2D eigenvalue weighted by Gasteiger charge is -2.35. The van der Waals surface area contributed by atoms with Gasteiger partial charge in [-0.3, -0.25) is 24.3 Å². The van der Waals surface area contributed by atoms with Gasteiger partial charge in [-0.2, -0.15) is 0 Å². The van der Waals surface area contributed by atoms with Crippen molar-refractivity contribution in [3.05, 3.63) is 98.5 Å². The second kappa shape index (κ2) is 12.9. The number of primary amides is 1. The van der Waals surface area contributed by atoms with E-state index in [9.17, 15) is 19.2 Å². The Morgan fingerprint density at radius 3 is 2.58 bits per heavy atom. The van der Waals surface area contributed by atoms with Crippen molar-refractivity contribution >= 4 is 63.6 Å². The van der Waals surface area contributed by atoms with Crippen LogP contribution in [0.5, 0.6) is 5.75 Å². The first-order chi connectivity index (χ1) is 22.8. The molecule has 4 amide bonds. The summed E-state index contributed by atoms with van der Waals surface area (Å²) < 4.78 is 6.38. The maximum absolute atomic E-state index is 14.7. The Kier molecular flexibility index (Phi) is 8.81. The highest BCUT2D eigenvalue weighted by Crippen LogP contribution is 2.43. The van der Waals surface area contributed by atoms with E-state index in [4.69, 9.17) is 38.7 Å². The van der Waals surface area contributed by atoms with Gasteiger partial charge in [-0.15, -0.1) is 0 Å². The van der Waals surface area contributed by atoms with E-state index in [1.165, 1.54) is 11.0 Å². The number of ketones is 1. The summed E-state index contributed by atoms with van der Waals surface area (Å²) in [7, 11) is 0. The van der Waals surface area contributed by atoms with E-state index in [2.05, 4.69) is 21.8 Å². The molecule has 13 heteroatoms. The van der Waals surface area contributed by atoms with Crippen molar-refractivity contribution in [1.82, 2.24) is 20.1 Å². The molecule has 1 saturated heterocycles. The summed E-state index contributed by atoms with van der Waals surface area (Å²) in [5.41, 5.74) is 13.4. The highest BCUT2D eigenvalue weighted by atomic mass is 35.5. The number of nitrogens with two attached hydrogens (primary N) is 1. The lowest BCUT2D eigenvalue weighted by Crippen LogP contribution is -2.55. The van der Waals surface area contributed by atoms with Gasteiger partial charge < -0.3 is 25.7 Å². The first-order valence-electron chi connectivity index (χ1n) is 15.2. The van der Waals surface area contributed by atoms with Gasteiger partial charge in [0.05, 0.1) is 23.1 Å². The molecular formula is C35H32Cl2N6O5. The SMILES string of the molecule is CC(C)(C)Oc1cc(C(=O)CC(N)=O)ccc1C1=N[C@@H](C2=C=C=C(Cl)C=C2)[C@@H](c2c[nH]c3cc(Cl)ccc23)N1C(=O)N1CCNC(=O)C1. The molecule has 0 spiro atoms. The third kappa shape index (κ3) is 6.68. The number of aromatic amines is 1. The van der Waals surface area contributed by atoms with Crippen LogP contribution in [0.1, 0.15) is 54.7 Å². The van der Waals surface area contributed by atoms with Gasteiger partial charge in [-0.05, 0) is 62.9 Å². The monoisotopic (exact) mass is 686 g/mol. The maximum atomic E-state index is 14.7. The molecule has 2 atom stereocenters. The van der Waals surface area contributed by atoms with Crippen molar-refractivity contribution in [2.45, 2.75) is 44.9 Å². The molecule has 0 bridgehead atoms. The number of amidine groups is 1. The molecular weight excluding hydrogens is 655 g/mol. The Hall–Kier alpha value is -5.05. The van der Waals surface area contributed by atoms with Crippen LogP contribution in [0.4, 0.5) is 4.79 Å². The van der Waals surface area contributed by atoms with Gasteiger partial charge in [0, 0.05) is 51.9 Å². The molecule has 0 unspecified atom stereocenters. The zero-order valence-corrected chi connectivity index (χ0v) is 27.9. The van der Waals surface area contributed by atoms with Gasteiger partial charge in [0.2, 0.25) is 11.8 Å². The van der Waals surface area contributed by atoms with E-state index < -0.39 is 41.8 Å². The number of aliphatic imine (C=N–C) groups is 1. The van der Waals surface area contributed by atoms with Crippen LogP contribution in [0.15, 0.2) is 81.8 Å². The Morgan fingerprint density at radius 1 is 1.10 bits per heavy atom. The molecule has 0 saturated carbocycles. The minimum absolute atomic E-state index is 0.143.